The summed E-state index contributed by atoms with van der Waals surface area (Å²) in [4.78, 5) is 34.8. The minimum atomic E-state index is -3.49. The first-order valence-corrected chi connectivity index (χ1v) is 11.0. The van der Waals surface area contributed by atoms with Crippen LogP contribution in [0.1, 0.15) is 31.2 Å². The van der Waals surface area contributed by atoms with E-state index < -0.39 is 25.5 Å². The van der Waals surface area contributed by atoms with Gasteiger partial charge in [-0.15, -0.1) is 0 Å². The van der Waals surface area contributed by atoms with Gasteiger partial charge in [-0.3, -0.25) is 4.57 Å². The number of hydrogen-bond acceptors (Lipinski definition) is 5. The Morgan fingerprint density at radius 2 is 2.04 bits per heavy atom. The van der Waals surface area contributed by atoms with E-state index in [1.165, 1.54) is 12.6 Å². The maximum atomic E-state index is 12.3. The van der Waals surface area contributed by atoms with Crippen molar-refractivity contribution in [1.29, 1.82) is 0 Å². The fraction of sp³-hybridized carbons (Fsp3) is 0.556. The van der Waals surface area contributed by atoms with Crippen LogP contribution in [0.15, 0.2) is 30.3 Å². The first-order valence-electron chi connectivity index (χ1n) is 8.92. The Kier molecular flexibility index (Phi) is 7.82. The summed E-state index contributed by atoms with van der Waals surface area (Å²) in [5.74, 6) is -0.630. The van der Waals surface area contributed by atoms with Gasteiger partial charge in [0.05, 0.1) is 0 Å². The summed E-state index contributed by atoms with van der Waals surface area (Å²) in [6, 6.07) is 9.47. The average molecular weight is 382 g/mol. The van der Waals surface area contributed by atoms with Gasteiger partial charge in [0.1, 0.15) is 12.3 Å². The highest BCUT2D eigenvalue weighted by atomic mass is 31.2. The number of esters is 1. The smallest absolute Gasteiger partial charge is 0.375 e. The zero-order valence-electron chi connectivity index (χ0n) is 15.1. The molecule has 0 aromatic heterocycles. The number of carbonyl (C=O) groups is 2. The molecule has 8 heteroatoms. The number of aryl methyl sites for hydroxylation is 1. The van der Waals surface area contributed by atoms with Crippen LogP contribution >= 0.6 is 7.37 Å². The quantitative estimate of drug-likeness (QED) is 0.311. The van der Waals surface area contributed by atoms with Gasteiger partial charge in [-0.25, -0.2) is 9.59 Å². The van der Waals surface area contributed by atoms with E-state index in [0.717, 1.165) is 30.7 Å². The first kappa shape index (κ1) is 20.6. The van der Waals surface area contributed by atoms with Crippen molar-refractivity contribution in [3.05, 3.63) is 35.9 Å². The minimum Gasteiger partial charge on any atom is -0.375 e. The van der Waals surface area contributed by atoms with Crippen molar-refractivity contribution in [2.45, 2.75) is 38.1 Å². The van der Waals surface area contributed by atoms with E-state index in [0.29, 0.717) is 12.8 Å². The number of amides is 1. The number of nitrogens with zero attached hydrogens (tertiary/aromatic N) is 1. The molecule has 1 aliphatic rings. The molecule has 7 nitrogen and oxygen atoms in total. The lowest BCUT2D eigenvalue weighted by atomic mass is 10.1. The molecule has 1 amide bonds. The molecular weight excluding hydrogens is 355 g/mol. The van der Waals surface area contributed by atoms with Crippen molar-refractivity contribution in [2.75, 3.05) is 26.0 Å². The second-order valence-corrected chi connectivity index (χ2v) is 9.11. The largest absolute Gasteiger partial charge is 0.417 e. The molecule has 1 heterocycles. The molecule has 1 saturated heterocycles. The third kappa shape index (κ3) is 6.90. The van der Waals surface area contributed by atoms with Crippen LogP contribution in [0.4, 0.5) is 4.79 Å². The van der Waals surface area contributed by atoms with Gasteiger partial charge in [0.2, 0.25) is 7.37 Å². The summed E-state index contributed by atoms with van der Waals surface area (Å²) in [6.45, 7) is 0.721. The van der Waals surface area contributed by atoms with E-state index in [2.05, 4.69) is 5.32 Å². The van der Waals surface area contributed by atoms with E-state index in [1.807, 2.05) is 30.3 Å². The van der Waals surface area contributed by atoms with Gasteiger partial charge in [0.25, 0.3) is 0 Å². The molecule has 2 rings (SSSR count). The molecule has 144 valence electrons. The molecule has 0 aliphatic carbocycles. The Balaban J connectivity index is 1.69. The number of rotatable bonds is 8. The van der Waals surface area contributed by atoms with Crippen LogP contribution in [0.5, 0.6) is 0 Å². The van der Waals surface area contributed by atoms with Crippen molar-refractivity contribution in [2.24, 2.45) is 0 Å². The number of unbranched alkanes of at least 4 members (excludes halogenated alkanes) is 1. The van der Waals surface area contributed by atoms with E-state index in [4.69, 9.17) is 4.74 Å². The molecule has 26 heavy (non-hydrogen) atoms. The fourth-order valence-corrected chi connectivity index (χ4v) is 4.55. The second-order valence-electron chi connectivity index (χ2n) is 6.69. The Morgan fingerprint density at radius 3 is 2.69 bits per heavy atom. The number of hydrogen-bond donors (Lipinski definition) is 2. The van der Waals surface area contributed by atoms with E-state index in [1.54, 1.807) is 0 Å². The SMILES string of the molecule is CN(CP(=O)(O)CCCCc1ccccc1)C(=O)OC(=O)[C@@H]1CCCN1. The van der Waals surface area contributed by atoms with Crippen molar-refractivity contribution in [3.8, 4) is 0 Å². The average Bonchev–Trinajstić information content (AvgIpc) is 3.14. The summed E-state index contributed by atoms with van der Waals surface area (Å²) in [5.41, 5.74) is 1.19. The highest BCUT2D eigenvalue weighted by molar-refractivity contribution is 7.57. The normalized spacial score (nSPS) is 18.9. The highest BCUT2D eigenvalue weighted by Gasteiger charge is 2.29. The van der Waals surface area contributed by atoms with Gasteiger partial charge in [0, 0.05) is 13.2 Å². The van der Waals surface area contributed by atoms with Crippen molar-refractivity contribution >= 4 is 19.4 Å². The topological polar surface area (TPSA) is 95.9 Å². The van der Waals surface area contributed by atoms with Crippen molar-refractivity contribution in [3.63, 3.8) is 0 Å². The number of ether oxygens (including phenoxy) is 1. The number of benzene rings is 1. The van der Waals surface area contributed by atoms with Crippen molar-refractivity contribution in [1.82, 2.24) is 10.2 Å². The Labute approximate surface area is 154 Å². The maximum Gasteiger partial charge on any atom is 0.417 e. The zero-order chi connectivity index (χ0) is 19.0. The number of nitrogens with one attached hydrogen (secondary N) is 1. The van der Waals surface area contributed by atoms with Gasteiger partial charge in [-0.1, -0.05) is 30.3 Å². The summed E-state index contributed by atoms with van der Waals surface area (Å²) >= 11 is 0. The summed E-state index contributed by atoms with van der Waals surface area (Å²) in [7, 11) is -2.13. The minimum absolute atomic E-state index is 0.135. The van der Waals surface area contributed by atoms with Crippen LogP contribution < -0.4 is 5.32 Å². The second kappa shape index (κ2) is 9.86. The summed E-state index contributed by atoms with van der Waals surface area (Å²) in [5, 5.41) is 2.95. The van der Waals surface area contributed by atoms with Gasteiger partial charge < -0.3 is 19.8 Å². The molecule has 0 bridgehead atoms. The Hall–Kier alpha value is -1.69. The maximum absolute atomic E-state index is 12.3. The first-order chi connectivity index (χ1) is 12.4. The van der Waals surface area contributed by atoms with Crippen LogP contribution in [-0.2, 0) is 20.5 Å². The molecule has 1 fully saturated rings. The molecule has 0 saturated carbocycles. The summed E-state index contributed by atoms with van der Waals surface area (Å²) in [6.07, 6.45) is 2.67. The van der Waals surface area contributed by atoms with Crippen LogP contribution in [0.2, 0.25) is 0 Å². The molecule has 0 spiro atoms. The standard InChI is InChI=1S/C18H27N2O5P/c1-20(18(22)25-17(21)16-11-7-12-19-16)14-26(23,24)13-6-5-10-15-8-3-2-4-9-15/h2-4,8-9,16,19H,5-7,10-14H2,1H3,(H,23,24)/t16-/m0/s1. The molecule has 1 unspecified atom stereocenters. The molecular formula is C18H27N2O5P. The third-order valence-corrected chi connectivity index (χ3v) is 6.22. The zero-order valence-corrected chi connectivity index (χ0v) is 16.0. The summed E-state index contributed by atoms with van der Waals surface area (Å²) < 4.78 is 17.1. The predicted octanol–water partition coefficient (Wildman–Crippen LogP) is 2.58. The Morgan fingerprint density at radius 1 is 1.31 bits per heavy atom. The molecule has 2 N–H and O–H groups in total. The Bertz CT molecular complexity index is 646. The third-order valence-electron chi connectivity index (χ3n) is 4.34. The van der Waals surface area contributed by atoms with E-state index >= 15 is 0 Å². The predicted molar refractivity (Wildman–Crippen MR) is 99.2 cm³/mol. The monoisotopic (exact) mass is 382 g/mol. The van der Waals surface area contributed by atoms with Gasteiger partial charge in [-0.2, -0.15) is 0 Å². The molecule has 1 aliphatic heterocycles. The lowest BCUT2D eigenvalue weighted by Crippen LogP contribution is -2.38. The number of carbonyl (C=O) groups excluding carboxylic acids is 2. The molecule has 0 radical (unpaired) electrons. The molecule has 1 aromatic carbocycles. The lowest BCUT2D eigenvalue weighted by Gasteiger charge is -2.20. The van der Waals surface area contributed by atoms with Crippen molar-refractivity contribution < 1.29 is 23.8 Å². The fourth-order valence-electron chi connectivity index (χ4n) is 2.91. The van der Waals surface area contributed by atoms with Gasteiger partial charge >= 0.3 is 12.1 Å². The van der Waals surface area contributed by atoms with Crippen LogP contribution in [0.3, 0.4) is 0 Å². The highest BCUT2D eigenvalue weighted by Crippen LogP contribution is 2.42. The van der Waals surface area contributed by atoms with Gasteiger partial charge in [-0.05, 0) is 44.2 Å². The molecule has 1 aromatic rings. The van der Waals surface area contributed by atoms with Gasteiger partial charge in [0.15, 0.2) is 0 Å². The van der Waals surface area contributed by atoms with Crippen LogP contribution in [-0.4, -0.2) is 53.9 Å². The van der Waals surface area contributed by atoms with E-state index in [-0.39, 0.29) is 12.4 Å². The molecule has 2 atom stereocenters. The van der Waals surface area contributed by atoms with Crippen LogP contribution in [0.25, 0.3) is 0 Å². The lowest BCUT2D eigenvalue weighted by molar-refractivity contribution is -0.140. The van der Waals surface area contributed by atoms with Crippen LogP contribution in [0, 0.1) is 0 Å². The van der Waals surface area contributed by atoms with E-state index in [9.17, 15) is 19.0 Å².